The van der Waals surface area contributed by atoms with Gasteiger partial charge in [0.15, 0.2) is 12.0 Å². The van der Waals surface area contributed by atoms with Gasteiger partial charge in [-0.05, 0) is 48.2 Å². The molecule has 0 bridgehead atoms. The Bertz CT molecular complexity index is 923. The SMILES string of the molecule is CCOC(=O)N(c1c(C(O)N(C)OC)oc2cc(Cl)c(Br)cc12)C1CCOC(CC)C1. The van der Waals surface area contributed by atoms with E-state index >= 15 is 0 Å². The van der Waals surface area contributed by atoms with Gasteiger partial charge in [-0.15, -0.1) is 0 Å². The molecule has 1 aromatic heterocycles. The summed E-state index contributed by atoms with van der Waals surface area (Å²) in [7, 11) is 3.01. The molecule has 31 heavy (non-hydrogen) atoms. The number of nitrogens with zero attached hydrogens (tertiary/aromatic N) is 2. The summed E-state index contributed by atoms with van der Waals surface area (Å²) in [6, 6.07) is 3.24. The second kappa shape index (κ2) is 10.5. The predicted octanol–water partition coefficient (Wildman–Crippen LogP) is 5.25. The third-order valence-electron chi connectivity index (χ3n) is 5.46. The summed E-state index contributed by atoms with van der Waals surface area (Å²) in [6.45, 7) is 4.56. The van der Waals surface area contributed by atoms with Crippen LogP contribution in [-0.4, -0.2) is 55.8 Å². The standard InChI is InChI=1S/C21H28BrClN2O6/c1-5-13-9-12(7-8-30-13)25(21(27)29-6-2)18-14-10-15(22)16(23)11-17(14)31-19(18)20(26)24(3)28-4/h10-13,20,26H,5-9H2,1-4H3. The van der Waals surface area contributed by atoms with Crippen molar-refractivity contribution in [3.8, 4) is 0 Å². The van der Waals surface area contributed by atoms with E-state index in [-0.39, 0.29) is 24.5 Å². The summed E-state index contributed by atoms with van der Waals surface area (Å²) in [5, 5.41) is 13.2. The third kappa shape index (κ3) is 5.02. The van der Waals surface area contributed by atoms with Crippen LogP contribution in [0.2, 0.25) is 5.02 Å². The van der Waals surface area contributed by atoms with Crippen LogP contribution in [0, 0.1) is 0 Å². The second-order valence-electron chi connectivity index (χ2n) is 7.33. The highest BCUT2D eigenvalue weighted by molar-refractivity contribution is 9.10. The van der Waals surface area contributed by atoms with E-state index in [1.165, 1.54) is 12.2 Å². The van der Waals surface area contributed by atoms with Crippen molar-refractivity contribution in [1.29, 1.82) is 0 Å². The van der Waals surface area contributed by atoms with Crippen LogP contribution < -0.4 is 4.90 Å². The monoisotopic (exact) mass is 518 g/mol. The average Bonchev–Trinajstić information content (AvgIpc) is 3.11. The number of benzene rings is 1. The number of halogens is 2. The zero-order valence-corrected chi connectivity index (χ0v) is 20.4. The molecule has 1 aliphatic heterocycles. The molecule has 2 aromatic rings. The highest BCUT2D eigenvalue weighted by Crippen LogP contribution is 2.43. The van der Waals surface area contributed by atoms with Gasteiger partial charge < -0.3 is 19.0 Å². The molecule has 1 amide bonds. The lowest BCUT2D eigenvalue weighted by Crippen LogP contribution is -2.46. The Balaban J connectivity index is 2.22. The molecule has 0 saturated carbocycles. The molecule has 3 rings (SSSR count). The number of aliphatic hydroxyl groups is 1. The van der Waals surface area contributed by atoms with E-state index in [0.717, 1.165) is 6.42 Å². The summed E-state index contributed by atoms with van der Waals surface area (Å²) in [5.41, 5.74) is 0.874. The molecule has 0 aliphatic carbocycles. The number of carbonyl (C=O) groups excluding carboxylic acids is 1. The maximum atomic E-state index is 13.2. The summed E-state index contributed by atoms with van der Waals surface area (Å²) < 4.78 is 17.9. The summed E-state index contributed by atoms with van der Waals surface area (Å²) in [6.07, 6.45) is 0.376. The first-order valence-corrected chi connectivity index (χ1v) is 11.4. The second-order valence-corrected chi connectivity index (χ2v) is 8.59. The fourth-order valence-corrected chi connectivity index (χ4v) is 4.28. The van der Waals surface area contributed by atoms with Gasteiger partial charge in [0.05, 0.1) is 24.8 Å². The Kier molecular flexibility index (Phi) is 8.23. The normalized spacial score (nSPS) is 20.3. The number of amides is 1. The topological polar surface area (TPSA) is 84.6 Å². The van der Waals surface area contributed by atoms with Gasteiger partial charge in [-0.3, -0.25) is 9.74 Å². The van der Waals surface area contributed by atoms with Gasteiger partial charge in [0.1, 0.15) is 11.3 Å². The van der Waals surface area contributed by atoms with Gasteiger partial charge in [0, 0.05) is 35.6 Å². The molecule has 0 spiro atoms. The number of fused-ring (bicyclic) bond motifs is 1. The smallest absolute Gasteiger partial charge is 0.414 e. The van der Waals surface area contributed by atoms with E-state index < -0.39 is 12.3 Å². The van der Waals surface area contributed by atoms with E-state index in [9.17, 15) is 9.90 Å². The molecule has 0 radical (unpaired) electrons. The van der Waals surface area contributed by atoms with Gasteiger partial charge in [0.25, 0.3) is 0 Å². The van der Waals surface area contributed by atoms with E-state index in [1.54, 1.807) is 31.0 Å². The Morgan fingerprint density at radius 1 is 1.42 bits per heavy atom. The minimum absolute atomic E-state index is 0.0324. The first-order valence-electron chi connectivity index (χ1n) is 10.3. The van der Waals surface area contributed by atoms with Gasteiger partial charge in [0.2, 0.25) is 0 Å². The Morgan fingerprint density at radius 2 is 2.16 bits per heavy atom. The largest absolute Gasteiger partial charge is 0.454 e. The highest BCUT2D eigenvalue weighted by atomic mass is 79.9. The lowest BCUT2D eigenvalue weighted by Gasteiger charge is -2.37. The van der Waals surface area contributed by atoms with E-state index in [0.29, 0.717) is 45.6 Å². The third-order valence-corrected chi connectivity index (χ3v) is 6.66. The maximum Gasteiger partial charge on any atom is 0.414 e. The number of ether oxygens (including phenoxy) is 2. The van der Waals surface area contributed by atoms with Crippen molar-refractivity contribution in [3.05, 3.63) is 27.4 Å². The molecule has 1 N–H and O–H groups in total. The van der Waals surface area contributed by atoms with Gasteiger partial charge >= 0.3 is 6.09 Å². The fraction of sp³-hybridized carbons (Fsp3) is 0.571. The van der Waals surface area contributed by atoms with Crippen LogP contribution in [0.4, 0.5) is 10.5 Å². The van der Waals surface area contributed by atoms with Gasteiger partial charge in [-0.1, -0.05) is 18.5 Å². The minimum atomic E-state index is -1.26. The molecule has 1 fully saturated rings. The van der Waals surface area contributed by atoms with Crippen LogP contribution in [0.25, 0.3) is 11.0 Å². The zero-order chi connectivity index (χ0) is 22.7. The zero-order valence-electron chi connectivity index (χ0n) is 18.1. The molecule has 10 heteroatoms. The quantitative estimate of drug-likeness (QED) is 0.395. The Labute approximate surface area is 195 Å². The van der Waals surface area contributed by atoms with Crippen LogP contribution in [0.15, 0.2) is 21.0 Å². The molecule has 2 heterocycles. The number of anilines is 1. The number of aliphatic hydroxyl groups excluding tert-OH is 1. The Morgan fingerprint density at radius 3 is 2.81 bits per heavy atom. The van der Waals surface area contributed by atoms with E-state index in [1.807, 2.05) is 0 Å². The van der Waals surface area contributed by atoms with Crippen molar-refractivity contribution in [2.24, 2.45) is 0 Å². The van der Waals surface area contributed by atoms with Crippen molar-refractivity contribution in [3.63, 3.8) is 0 Å². The van der Waals surface area contributed by atoms with Crippen LogP contribution in [0.1, 0.15) is 45.1 Å². The van der Waals surface area contributed by atoms with Crippen molar-refractivity contribution in [2.45, 2.75) is 51.5 Å². The number of furan rings is 1. The molecule has 8 nitrogen and oxygen atoms in total. The molecular formula is C21H28BrClN2O6. The number of hydrogen-bond acceptors (Lipinski definition) is 7. The minimum Gasteiger partial charge on any atom is -0.454 e. The van der Waals surface area contributed by atoms with Crippen molar-refractivity contribution < 1.29 is 28.6 Å². The average molecular weight is 520 g/mol. The van der Waals surface area contributed by atoms with E-state index in [2.05, 4.69) is 22.9 Å². The van der Waals surface area contributed by atoms with Crippen LogP contribution in [0.5, 0.6) is 0 Å². The predicted molar refractivity (Wildman–Crippen MR) is 121 cm³/mol. The van der Waals surface area contributed by atoms with E-state index in [4.69, 9.17) is 30.3 Å². The number of hydroxylamine groups is 2. The number of carbonyl (C=O) groups is 1. The van der Waals surface area contributed by atoms with Crippen molar-refractivity contribution in [1.82, 2.24) is 5.06 Å². The number of hydrogen-bond donors (Lipinski definition) is 1. The van der Waals surface area contributed by atoms with Crippen LogP contribution in [0.3, 0.4) is 0 Å². The maximum absolute atomic E-state index is 13.2. The van der Waals surface area contributed by atoms with Gasteiger partial charge in [-0.2, -0.15) is 5.06 Å². The fourth-order valence-electron chi connectivity index (χ4n) is 3.78. The molecule has 3 atom stereocenters. The molecule has 3 unspecified atom stereocenters. The van der Waals surface area contributed by atoms with Crippen molar-refractivity contribution >= 4 is 50.3 Å². The molecule has 172 valence electrons. The molecule has 1 aromatic carbocycles. The van der Waals surface area contributed by atoms with Crippen molar-refractivity contribution in [2.75, 3.05) is 32.3 Å². The summed E-state index contributed by atoms with van der Waals surface area (Å²) in [5.74, 6) is 0.168. The summed E-state index contributed by atoms with van der Waals surface area (Å²) in [4.78, 5) is 20.0. The van der Waals surface area contributed by atoms with Crippen LogP contribution in [-0.2, 0) is 14.3 Å². The lowest BCUT2D eigenvalue weighted by molar-refractivity contribution is -0.211. The molecular weight excluding hydrogens is 492 g/mol. The molecule has 1 aliphatic rings. The van der Waals surface area contributed by atoms with Gasteiger partial charge in [-0.25, -0.2) is 4.79 Å². The summed E-state index contributed by atoms with van der Waals surface area (Å²) >= 11 is 9.72. The van der Waals surface area contributed by atoms with Crippen LogP contribution >= 0.6 is 27.5 Å². The Hall–Kier alpha value is -1.36. The first-order chi connectivity index (χ1) is 14.8. The first kappa shape index (κ1) is 24.3. The molecule has 1 saturated heterocycles. The number of rotatable bonds is 7. The lowest BCUT2D eigenvalue weighted by atomic mass is 9.99. The highest BCUT2D eigenvalue weighted by Gasteiger charge is 2.38.